The van der Waals surface area contributed by atoms with E-state index in [0.29, 0.717) is 0 Å². The van der Waals surface area contributed by atoms with Crippen molar-refractivity contribution in [3.63, 3.8) is 0 Å². The average Bonchev–Trinajstić information content (AvgIpc) is 2.57. The van der Waals surface area contributed by atoms with E-state index < -0.39 is 5.97 Å². The summed E-state index contributed by atoms with van der Waals surface area (Å²) in [5.74, 6) is -0.907. The number of thioether (sulfide) groups is 1. The highest BCUT2D eigenvalue weighted by Crippen LogP contribution is 2.39. The Morgan fingerprint density at radius 2 is 1.94 bits per heavy atom. The highest BCUT2D eigenvalue weighted by Gasteiger charge is 2.30. The third-order valence-corrected chi connectivity index (χ3v) is 5.30. The molecule has 1 fully saturated rings. The number of rotatable bonds is 3. The molecule has 2 atom stereocenters. The maximum atomic E-state index is 11.3. The van der Waals surface area contributed by atoms with Crippen LogP contribution in [0.4, 0.5) is 0 Å². The van der Waals surface area contributed by atoms with Crippen molar-refractivity contribution in [1.29, 1.82) is 0 Å². The molecule has 0 heterocycles. The minimum absolute atomic E-state index is 0.143. The molecule has 0 bridgehead atoms. The number of carboxylic acid groups (broad SMARTS) is 1. The summed E-state index contributed by atoms with van der Waals surface area (Å²) < 4.78 is 0. The van der Waals surface area contributed by atoms with Crippen LogP contribution in [-0.2, 0) is 4.79 Å². The van der Waals surface area contributed by atoms with Gasteiger partial charge in [0.25, 0.3) is 0 Å². The van der Waals surface area contributed by atoms with Gasteiger partial charge < -0.3 is 5.11 Å². The van der Waals surface area contributed by atoms with Crippen LogP contribution in [0.25, 0.3) is 0 Å². The summed E-state index contributed by atoms with van der Waals surface area (Å²) in [6.07, 6.45) is 5.04. The van der Waals surface area contributed by atoms with Gasteiger partial charge in [-0.2, -0.15) is 0 Å². The molecule has 1 N–H and O–H groups in total. The molecule has 0 saturated heterocycles. The predicted molar refractivity (Wildman–Crippen MR) is 75.3 cm³/mol. The molecule has 2 nitrogen and oxygen atoms in total. The number of benzene rings is 1. The van der Waals surface area contributed by atoms with Crippen LogP contribution in [0, 0.1) is 5.92 Å². The van der Waals surface area contributed by atoms with E-state index in [2.05, 4.69) is 0 Å². The van der Waals surface area contributed by atoms with E-state index in [1.54, 1.807) is 11.8 Å². The summed E-state index contributed by atoms with van der Waals surface area (Å²) in [4.78, 5) is 12.3. The number of halogens is 1. The van der Waals surface area contributed by atoms with Gasteiger partial charge in [-0.05, 0) is 25.0 Å². The van der Waals surface area contributed by atoms with E-state index in [-0.39, 0.29) is 11.2 Å². The van der Waals surface area contributed by atoms with Crippen molar-refractivity contribution in [2.45, 2.75) is 42.2 Å². The lowest BCUT2D eigenvalue weighted by molar-refractivity contribution is -0.141. The molecule has 4 heteroatoms. The van der Waals surface area contributed by atoms with Crippen LogP contribution >= 0.6 is 23.4 Å². The fraction of sp³-hybridized carbons (Fsp3) is 0.500. The lowest BCUT2D eigenvalue weighted by Crippen LogP contribution is -2.24. The van der Waals surface area contributed by atoms with Gasteiger partial charge in [-0.1, -0.05) is 43.0 Å². The Hall–Kier alpha value is -0.670. The van der Waals surface area contributed by atoms with Crippen molar-refractivity contribution in [3.8, 4) is 0 Å². The van der Waals surface area contributed by atoms with Crippen molar-refractivity contribution in [2.75, 3.05) is 0 Å². The lowest BCUT2D eigenvalue weighted by Gasteiger charge is -2.21. The number of carbonyl (C=O) groups is 1. The van der Waals surface area contributed by atoms with Crippen LogP contribution in [0.15, 0.2) is 29.2 Å². The quantitative estimate of drug-likeness (QED) is 0.832. The molecule has 2 unspecified atom stereocenters. The molecule has 1 aliphatic rings. The standard InChI is InChI=1S/C14H17ClO2S/c15-11-7-4-5-9-13(11)18-12-8-3-1-2-6-10(12)14(16)17/h4-5,7,9-10,12H,1-3,6,8H2,(H,16,17). The highest BCUT2D eigenvalue weighted by atomic mass is 35.5. The van der Waals surface area contributed by atoms with Gasteiger partial charge in [-0.15, -0.1) is 11.8 Å². The third kappa shape index (κ3) is 3.42. The smallest absolute Gasteiger partial charge is 0.307 e. The van der Waals surface area contributed by atoms with Crippen LogP contribution in [0.5, 0.6) is 0 Å². The molecule has 1 saturated carbocycles. The van der Waals surface area contributed by atoms with Crippen LogP contribution in [0.3, 0.4) is 0 Å². The van der Waals surface area contributed by atoms with Gasteiger partial charge in [0, 0.05) is 10.1 Å². The van der Waals surface area contributed by atoms with Crippen molar-refractivity contribution in [3.05, 3.63) is 29.3 Å². The minimum atomic E-state index is -0.665. The van der Waals surface area contributed by atoms with Gasteiger partial charge in [-0.25, -0.2) is 0 Å². The van der Waals surface area contributed by atoms with E-state index in [1.165, 1.54) is 0 Å². The van der Waals surface area contributed by atoms with Crippen LogP contribution in [0.1, 0.15) is 32.1 Å². The zero-order valence-corrected chi connectivity index (χ0v) is 11.7. The van der Waals surface area contributed by atoms with Gasteiger partial charge in [0.2, 0.25) is 0 Å². The summed E-state index contributed by atoms with van der Waals surface area (Å²) in [7, 11) is 0. The van der Waals surface area contributed by atoms with Crippen molar-refractivity contribution in [1.82, 2.24) is 0 Å². The Bertz CT molecular complexity index is 422. The molecular formula is C14H17ClO2S. The van der Waals surface area contributed by atoms with E-state index in [4.69, 9.17) is 11.6 Å². The normalized spacial score (nSPS) is 24.5. The molecule has 2 rings (SSSR count). The van der Waals surface area contributed by atoms with Crippen molar-refractivity contribution in [2.24, 2.45) is 5.92 Å². The second-order valence-corrected chi connectivity index (χ2v) is 6.36. The summed E-state index contributed by atoms with van der Waals surface area (Å²) >= 11 is 7.77. The molecule has 98 valence electrons. The first kappa shape index (κ1) is 13.8. The number of aliphatic carboxylic acids is 1. The van der Waals surface area contributed by atoms with Gasteiger partial charge in [-0.3, -0.25) is 4.79 Å². The fourth-order valence-corrected chi connectivity index (χ4v) is 4.04. The summed E-state index contributed by atoms with van der Waals surface area (Å²) in [5.41, 5.74) is 0. The predicted octanol–water partition coefficient (Wildman–Crippen LogP) is 4.47. The molecule has 0 aromatic heterocycles. The highest BCUT2D eigenvalue weighted by molar-refractivity contribution is 8.00. The van der Waals surface area contributed by atoms with Crippen LogP contribution in [-0.4, -0.2) is 16.3 Å². The maximum Gasteiger partial charge on any atom is 0.307 e. The number of carboxylic acids is 1. The fourth-order valence-electron chi connectivity index (χ4n) is 2.40. The Labute approximate surface area is 117 Å². The summed E-state index contributed by atoms with van der Waals surface area (Å²) in [6.45, 7) is 0. The van der Waals surface area contributed by atoms with E-state index >= 15 is 0 Å². The van der Waals surface area contributed by atoms with E-state index in [0.717, 1.165) is 42.0 Å². The number of hydrogen-bond acceptors (Lipinski definition) is 2. The Morgan fingerprint density at radius 1 is 1.22 bits per heavy atom. The number of hydrogen-bond donors (Lipinski definition) is 1. The second-order valence-electron chi connectivity index (χ2n) is 4.67. The van der Waals surface area contributed by atoms with Gasteiger partial charge >= 0.3 is 5.97 Å². The molecule has 1 aromatic carbocycles. The van der Waals surface area contributed by atoms with Crippen LogP contribution < -0.4 is 0 Å². The molecular weight excluding hydrogens is 268 g/mol. The monoisotopic (exact) mass is 284 g/mol. The zero-order chi connectivity index (χ0) is 13.0. The SMILES string of the molecule is O=C(O)C1CCCCCC1Sc1ccccc1Cl. The molecule has 1 aliphatic carbocycles. The molecule has 0 spiro atoms. The summed E-state index contributed by atoms with van der Waals surface area (Å²) in [6, 6.07) is 7.67. The minimum Gasteiger partial charge on any atom is -0.481 e. The van der Waals surface area contributed by atoms with Crippen molar-refractivity contribution >= 4 is 29.3 Å². The lowest BCUT2D eigenvalue weighted by atomic mass is 10.0. The first-order valence-corrected chi connectivity index (χ1v) is 7.58. The van der Waals surface area contributed by atoms with E-state index in [1.807, 2.05) is 24.3 Å². The second kappa shape index (κ2) is 6.48. The first-order chi connectivity index (χ1) is 8.68. The Morgan fingerprint density at radius 3 is 2.67 bits per heavy atom. The first-order valence-electron chi connectivity index (χ1n) is 6.32. The average molecular weight is 285 g/mol. The van der Waals surface area contributed by atoms with Crippen LogP contribution in [0.2, 0.25) is 5.02 Å². The largest absolute Gasteiger partial charge is 0.481 e. The van der Waals surface area contributed by atoms with Gasteiger partial charge in [0.15, 0.2) is 0 Å². The topological polar surface area (TPSA) is 37.3 Å². The zero-order valence-electron chi connectivity index (χ0n) is 10.1. The molecule has 1 aromatic rings. The maximum absolute atomic E-state index is 11.3. The third-order valence-electron chi connectivity index (χ3n) is 3.38. The van der Waals surface area contributed by atoms with Crippen molar-refractivity contribution < 1.29 is 9.90 Å². The van der Waals surface area contributed by atoms with Gasteiger partial charge in [0.1, 0.15) is 0 Å². The van der Waals surface area contributed by atoms with E-state index in [9.17, 15) is 9.90 Å². The Balaban J connectivity index is 2.14. The molecule has 0 aliphatic heterocycles. The summed E-state index contributed by atoms with van der Waals surface area (Å²) in [5, 5.41) is 10.2. The van der Waals surface area contributed by atoms with Gasteiger partial charge in [0.05, 0.1) is 10.9 Å². The molecule has 0 amide bonds. The Kier molecular flexibility index (Phi) is 4.95. The molecule has 0 radical (unpaired) electrons. The molecule has 18 heavy (non-hydrogen) atoms.